The third-order valence-corrected chi connectivity index (χ3v) is 8.96. The predicted molar refractivity (Wildman–Crippen MR) is 172 cm³/mol. The quantitative estimate of drug-likeness (QED) is 0.399. The van der Waals surface area contributed by atoms with Crippen LogP contribution in [0.25, 0.3) is 0 Å². The molecule has 230 valence electrons. The highest BCUT2D eigenvalue weighted by atomic mass is 16.5. The summed E-state index contributed by atoms with van der Waals surface area (Å²) in [5.41, 5.74) is 3.88. The third-order valence-electron chi connectivity index (χ3n) is 8.96. The Bertz CT molecular complexity index is 1410. The van der Waals surface area contributed by atoms with Gasteiger partial charge in [-0.3, -0.25) is 9.80 Å². The molecule has 3 heterocycles. The summed E-state index contributed by atoms with van der Waals surface area (Å²) < 4.78 is 11.3. The molecule has 2 N–H and O–H groups in total. The number of aliphatic hydroxyl groups excluding tert-OH is 1. The van der Waals surface area contributed by atoms with Crippen LogP contribution in [0.5, 0.6) is 5.75 Å². The highest BCUT2D eigenvalue weighted by molar-refractivity contribution is 5.89. The van der Waals surface area contributed by atoms with Gasteiger partial charge in [0, 0.05) is 67.5 Å². The van der Waals surface area contributed by atoms with Gasteiger partial charge in [-0.2, -0.15) is 0 Å². The number of fused-ring (bicyclic) bond motifs is 1. The smallest absolute Gasteiger partial charge is 0.321 e. The number of carbonyl (C=O) groups excluding carboxylic acids is 1. The fourth-order valence-corrected chi connectivity index (χ4v) is 6.53. The summed E-state index contributed by atoms with van der Waals surface area (Å²) in [4.78, 5) is 20.1. The molecule has 3 fully saturated rings. The van der Waals surface area contributed by atoms with Crippen molar-refractivity contribution < 1.29 is 19.4 Å². The molecule has 0 spiro atoms. The lowest BCUT2D eigenvalue weighted by Crippen LogP contribution is -2.68. The van der Waals surface area contributed by atoms with Crippen LogP contribution in [-0.2, 0) is 4.74 Å². The van der Waals surface area contributed by atoms with Crippen LogP contribution in [0, 0.1) is 11.8 Å². The molecule has 3 aliphatic rings. The minimum Gasteiger partial charge on any atom is -0.492 e. The zero-order chi connectivity index (χ0) is 30.1. The van der Waals surface area contributed by atoms with E-state index in [2.05, 4.69) is 51.2 Å². The summed E-state index contributed by atoms with van der Waals surface area (Å²) in [5, 5.41) is 13.4. The highest BCUT2D eigenvalue weighted by Gasteiger charge is 2.49. The van der Waals surface area contributed by atoms with Crippen molar-refractivity contribution in [1.82, 2.24) is 14.7 Å². The number of ether oxygens (including phenoxy) is 2. The van der Waals surface area contributed by atoms with E-state index in [4.69, 9.17) is 9.47 Å². The maximum atomic E-state index is 13.5. The molecular formula is C36H42N4O4. The Hall–Kier alpha value is -3.87. The van der Waals surface area contributed by atoms with E-state index in [1.54, 1.807) is 0 Å². The van der Waals surface area contributed by atoms with Crippen molar-refractivity contribution >= 4 is 11.7 Å². The Kier molecular flexibility index (Phi) is 10.1. The molecule has 2 amide bonds. The number of morpholine rings is 1. The number of urea groups is 1. The van der Waals surface area contributed by atoms with E-state index in [0.29, 0.717) is 19.7 Å². The lowest BCUT2D eigenvalue weighted by Gasteiger charge is -2.57. The Labute approximate surface area is 260 Å². The van der Waals surface area contributed by atoms with E-state index < -0.39 is 0 Å². The number of amides is 2. The molecule has 0 saturated carbocycles. The van der Waals surface area contributed by atoms with Gasteiger partial charge in [-0.15, -0.1) is 0 Å². The Morgan fingerprint density at radius 2 is 1.59 bits per heavy atom. The standard InChI is InChI=1S/C36H42N4O4/c41-27-34-35(30-12-10-29(11-13-30)9-8-28-6-2-1-3-7-28)33-26-39(18-4-5-19-40(33)34)36(42)37-31-14-16-32(17-15-31)44-25-22-38-20-23-43-24-21-38/h1-3,6-7,10-17,33-35,41H,4-5,18-27H2,(H,37,42)/t33-,34+,35+/m0/s1. The lowest BCUT2D eigenvalue weighted by atomic mass is 9.74. The molecule has 3 saturated heterocycles. The van der Waals surface area contributed by atoms with E-state index >= 15 is 0 Å². The Morgan fingerprint density at radius 1 is 0.886 bits per heavy atom. The summed E-state index contributed by atoms with van der Waals surface area (Å²) in [6.45, 7) is 7.32. The first-order valence-corrected chi connectivity index (χ1v) is 15.8. The molecule has 3 aromatic rings. The average molecular weight is 595 g/mol. The van der Waals surface area contributed by atoms with Crippen molar-refractivity contribution in [2.24, 2.45) is 0 Å². The van der Waals surface area contributed by atoms with Gasteiger partial charge in [-0.1, -0.05) is 42.2 Å². The molecule has 0 aliphatic carbocycles. The summed E-state index contributed by atoms with van der Waals surface area (Å²) in [7, 11) is 0. The van der Waals surface area contributed by atoms with Crippen molar-refractivity contribution in [3.63, 3.8) is 0 Å². The van der Waals surface area contributed by atoms with Gasteiger partial charge in [0.2, 0.25) is 0 Å². The van der Waals surface area contributed by atoms with E-state index in [9.17, 15) is 9.90 Å². The van der Waals surface area contributed by atoms with Gasteiger partial charge in [0.15, 0.2) is 0 Å². The fourth-order valence-electron chi connectivity index (χ4n) is 6.53. The van der Waals surface area contributed by atoms with Crippen molar-refractivity contribution in [3.05, 3.63) is 95.6 Å². The van der Waals surface area contributed by atoms with Crippen molar-refractivity contribution in [1.29, 1.82) is 0 Å². The number of anilines is 1. The van der Waals surface area contributed by atoms with Crippen LogP contribution < -0.4 is 10.1 Å². The first-order chi connectivity index (χ1) is 21.7. The zero-order valence-corrected chi connectivity index (χ0v) is 25.2. The predicted octanol–water partition coefficient (Wildman–Crippen LogP) is 4.25. The molecule has 0 unspecified atom stereocenters. The van der Waals surface area contributed by atoms with Crippen molar-refractivity contribution in [2.45, 2.75) is 30.8 Å². The molecule has 3 aliphatic heterocycles. The molecule has 6 rings (SSSR count). The van der Waals surface area contributed by atoms with Gasteiger partial charge < -0.3 is 24.8 Å². The number of aliphatic hydroxyl groups is 1. The second kappa shape index (κ2) is 14.7. The monoisotopic (exact) mass is 594 g/mol. The summed E-state index contributed by atoms with van der Waals surface area (Å²) >= 11 is 0. The molecule has 8 nitrogen and oxygen atoms in total. The summed E-state index contributed by atoms with van der Waals surface area (Å²) in [5.74, 6) is 7.41. The summed E-state index contributed by atoms with van der Waals surface area (Å²) in [6.07, 6.45) is 1.93. The van der Waals surface area contributed by atoms with Gasteiger partial charge in [0.05, 0.1) is 19.8 Å². The number of benzene rings is 3. The highest BCUT2D eigenvalue weighted by Crippen LogP contribution is 2.42. The second-order valence-electron chi connectivity index (χ2n) is 11.7. The van der Waals surface area contributed by atoms with E-state index in [-0.39, 0.29) is 30.6 Å². The van der Waals surface area contributed by atoms with Crippen LogP contribution in [0.3, 0.4) is 0 Å². The second-order valence-corrected chi connectivity index (χ2v) is 11.7. The maximum Gasteiger partial charge on any atom is 0.321 e. The van der Waals surface area contributed by atoms with Crippen LogP contribution in [0.2, 0.25) is 0 Å². The molecule has 0 aromatic heterocycles. The SMILES string of the molecule is O=C(Nc1ccc(OCCN2CCOCC2)cc1)N1CCCCN2[C@H](CO)[C@H](c3ccc(C#Cc4ccccc4)cc3)[C@@H]2C1. The number of nitrogens with one attached hydrogen (secondary N) is 1. The first-order valence-electron chi connectivity index (χ1n) is 15.8. The molecule has 8 heteroatoms. The molecule has 44 heavy (non-hydrogen) atoms. The average Bonchev–Trinajstić information content (AvgIpc) is 3.05. The van der Waals surface area contributed by atoms with Crippen molar-refractivity contribution in [2.75, 3.05) is 71.0 Å². The van der Waals surface area contributed by atoms with Crippen LogP contribution >= 0.6 is 0 Å². The molecule has 0 radical (unpaired) electrons. The molecule has 0 bridgehead atoms. The molecule has 3 aromatic carbocycles. The fraction of sp³-hybridized carbons (Fsp3) is 0.417. The van der Waals surface area contributed by atoms with Crippen molar-refractivity contribution in [3.8, 4) is 17.6 Å². The Balaban J connectivity index is 1.06. The van der Waals surface area contributed by atoms with E-state index in [1.807, 2.05) is 59.5 Å². The van der Waals surface area contributed by atoms with Crippen LogP contribution in [-0.4, -0.2) is 104 Å². The maximum absolute atomic E-state index is 13.5. The van der Waals surface area contributed by atoms with Crippen LogP contribution in [0.1, 0.15) is 35.4 Å². The molecular weight excluding hydrogens is 552 g/mol. The molecule has 3 atom stereocenters. The van der Waals surface area contributed by atoms with Gasteiger partial charge in [0.25, 0.3) is 0 Å². The topological polar surface area (TPSA) is 77.5 Å². The first kappa shape index (κ1) is 30.2. The number of hydrogen-bond acceptors (Lipinski definition) is 6. The third kappa shape index (κ3) is 7.43. The summed E-state index contributed by atoms with van der Waals surface area (Å²) in [6, 6.07) is 26.1. The Morgan fingerprint density at radius 3 is 2.32 bits per heavy atom. The zero-order valence-electron chi connectivity index (χ0n) is 25.2. The van der Waals surface area contributed by atoms with Gasteiger partial charge in [0.1, 0.15) is 12.4 Å². The van der Waals surface area contributed by atoms with Crippen LogP contribution in [0.4, 0.5) is 10.5 Å². The van der Waals surface area contributed by atoms with E-state index in [1.165, 1.54) is 5.56 Å². The van der Waals surface area contributed by atoms with Gasteiger partial charge >= 0.3 is 6.03 Å². The largest absolute Gasteiger partial charge is 0.492 e. The van der Waals surface area contributed by atoms with Gasteiger partial charge in [-0.25, -0.2) is 4.79 Å². The lowest BCUT2D eigenvalue weighted by molar-refractivity contribution is -0.0585. The minimum atomic E-state index is -0.0921. The van der Waals surface area contributed by atoms with Crippen LogP contribution in [0.15, 0.2) is 78.9 Å². The number of rotatable bonds is 7. The number of nitrogens with zero attached hydrogens (tertiary/aromatic N) is 3. The van der Waals surface area contributed by atoms with E-state index in [0.717, 1.165) is 74.8 Å². The van der Waals surface area contributed by atoms with Gasteiger partial charge in [-0.05, 0) is 73.5 Å². The number of hydrogen-bond donors (Lipinski definition) is 2. The number of carbonyl (C=O) groups is 1. The minimum absolute atomic E-state index is 0.0556. The normalized spacial score (nSPS) is 22.4.